The largest absolute Gasteiger partial charge is 0.490 e. The van der Waals surface area contributed by atoms with Gasteiger partial charge in [0.15, 0.2) is 11.5 Å². The lowest BCUT2D eigenvalue weighted by molar-refractivity contribution is -0.130. The predicted molar refractivity (Wildman–Crippen MR) is 121 cm³/mol. The number of benzene rings is 2. The lowest BCUT2D eigenvalue weighted by Gasteiger charge is -2.17. The van der Waals surface area contributed by atoms with Crippen LogP contribution in [0.2, 0.25) is 0 Å². The molecule has 0 unspecified atom stereocenters. The molecule has 10 nitrogen and oxygen atoms in total. The van der Waals surface area contributed by atoms with Gasteiger partial charge in [-0.3, -0.25) is 9.59 Å². The summed E-state index contributed by atoms with van der Waals surface area (Å²) in [7, 11) is -2.27. The topological polar surface area (TPSA) is 131 Å². The van der Waals surface area contributed by atoms with E-state index in [-0.39, 0.29) is 35.9 Å². The van der Waals surface area contributed by atoms with Crippen molar-refractivity contribution in [2.24, 2.45) is 0 Å². The molecule has 0 saturated heterocycles. The molecular weight excluding hydrogens is 448 g/mol. The number of fused-ring (bicyclic) bond motifs is 2. The Morgan fingerprint density at radius 2 is 1.91 bits per heavy atom. The Bertz CT molecular complexity index is 1340. The number of H-pyrrole nitrogens is 1. The normalized spacial score (nSPS) is 13.5. The monoisotopic (exact) mass is 472 g/mol. The first-order chi connectivity index (χ1) is 15.8. The molecule has 0 saturated carbocycles. The summed E-state index contributed by atoms with van der Waals surface area (Å²) >= 11 is 0. The van der Waals surface area contributed by atoms with Gasteiger partial charge in [0.1, 0.15) is 5.82 Å². The van der Waals surface area contributed by atoms with Crippen LogP contribution in [0.25, 0.3) is 10.9 Å². The Kier molecular flexibility index (Phi) is 6.61. The van der Waals surface area contributed by atoms with Crippen molar-refractivity contribution < 1.29 is 22.7 Å². The van der Waals surface area contributed by atoms with Gasteiger partial charge in [-0.05, 0) is 24.3 Å². The second-order valence-electron chi connectivity index (χ2n) is 7.59. The van der Waals surface area contributed by atoms with E-state index in [1.807, 2.05) is 0 Å². The van der Waals surface area contributed by atoms with Crippen LogP contribution in [0.5, 0.6) is 11.5 Å². The molecule has 2 heterocycles. The first-order valence-corrected chi connectivity index (χ1v) is 11.9. The molecule has 3 aromatic rings. The third-order valence-electron chi connectivity index (χ3n) is 5.13. The molecule has 2 aromatic carbocycles. The number of aromatic nitrogens is 2. The minimum Gasteiger partial charge on any atom is -0.490 e. The van der Waals surface area contributed by atoms with Crippen LogP contribution in [0, 0.1) is 0 Å². The van der Waals surface area contributed by atoms with Crippen molar-refractivity contribution in [3.05, 3.63) is 58.6 Å². The zero-order valence-electron chi connectivity index (χ0n) is 18.0. The van der Waals surface area contributed by atoms with Gasteiger partial charge in [-0.25, -0.2) is 18.1 Å². The van der Waals surface area contributed by atoms with E-state index in [1.165, 1.54) is 17.0 Å². The van der Waals surface area contributed by atoms with Gasteiger partial charge >= 0.3 is 0 Å². The molecular formula is C22H24N4O6S. The van der Waals surface area contributed by atoms with Crippen molar-refractivity contribution in [2.45, 2.75) is 24.3 Å². The minimum atomic E-state index is -3.83. The standard InChI is InChI=1S/C22H24N4O6S/c1-26(14-20-24-17-6-3-2-5-16(17)22(28)25-20)21(27)9-10-23-33(29,30)15-7-8-18-19(13-15)32-12-4-11-31-18/h2-3,5-8,13,23H,4,9-12,14H2,1H3,(H,24,25,28). The molecule has 4 rings (SSSR count). The SMILES string of the molecule is CN(Cc1nc2ccccc2c(=O)[nH]1)C(=O)CCNS(=O)(=O)c1ccc2c(c1)OCCCO2. The van der Waals surface area contributed by atoms with E-state index < -0.39 is 10.0 Å². The van der Waals surface area contributed by atoms with Gasteiger partial charge in [-0.2, -0.15) is 0 Å². The van der Waals surface area contributed by atoms with Crippen LogP contribution in [-0.2, 0) is 21.4 Å². The second kappa shape index (κ2) is 9.59. The zero-order valence-corrected chi connectivity index (χ0v) is 18.9. The molecule has 0 spiro atoms. The summed E-state index contributed by atoms with van der Waals surface area (Å²) in [5, 5.41) is 0.472. The van der Waals surface area contributed by atoms with Crippen LogP contribution >= 0.6 is 0 Å². The van der Waals surface area contributed by atoms with Gasteiger partial charge in [0.25, 0.3) is 5.56 Å². The molecule has 1 aliphatic heterocycles. The summed E-state index contributed by atoms with van der Waals surface area (Å²) in [5.41, 5.74) is 0.263. The van der Waals surface area contributed by atoms with E-state index in [0.717, 1.165) is 0 Å². The van der Waals surface area contributed by atoms with E-state index in [4.69, 9.17) is 9.47 Å². The summed E-state index contributed by atoms with van der Waals surface area (Å²) in [6.45, 7) is 0.965. The summed E-state index contributed by atoms with van der Waals surface area (Å²) < 4.78 is 38.7. The number of hydrogen-bond donors (Lipinski definition) is 2. The minimum absolute atomic E-state index is 0.0329. The molecule has 2 N–H and O–H groups in total. The predicted octanol–water partition coefficient (Wildman–Crippen LogP) is 1.41. The van der Waals surface area contributed by atoms with Crippen LogP contribution < -0.4 is 19.8 Å². The van der Waals surface area contributed by atoms with Crippen molar-refractivity contribution in [2.75, 3.05) is 26.8 Å². The maximum atomic E-state index is 12.6. The Labute approximate surface area is 190 Å². The highest BCUT2D eigenvalue weighted by Crippen LogP contribution is 2.31. The molecule has 1 amide bonds. The van der Waals surface area contributed by atoms with E-state index in [0.29, 0.717) is 47.9 Å². The van der Waals surface area contributed by atoms with Crippen LogP contribution in [0.1, 0.15) is 18.7 Å². The average molecular weight is 473 g/mol. The first-order valence-electron chi connectivity index (χ1n) is 10.4. The van der Waals surface area contributed by atoms with Gasteiger partial charge < -0.3 is 19.4 Å². The van der Waals surface area contributed by atoms with Crippen molar-refractivity contribution in [3.63, 3.8) is 0 Å². The van der Waals surface area contributed by atoms with Gasteiger partial charge in [-0.15, -0.1) is 0 Å². The molecule has 0 radical (unpaired) electrons. The zero-order chi connectivity index (χ0) is 23.4. The summed E-state index contributed by atoms with van der Waals surface area (Å²) in [5.74, 6) is 0.932. The Morgan fingerprint density at radius 1 is 1.15 bits per heavy atom. The fourth-order valence-electron chi connectivity index (χ4n) is 3.40. The summed E-state index contributed by atoms with van der Waals surface area (Å²) in [6.07, 6.45) is 0.658. The molecule has 0 fully saturated rings. The number of nitrogens with one attached hydrogen (secondary N) is 2. The molecule has 0 aliphatic carbocycles. The molecule has 0 bridgehead atoms. The van der Waals surface area contributed by atoms with E-state index in [1.54, 1.807) is 37.4 Å². The van der Waals surface area contributed by atoms with Gasteiger partial charge in [0, 0.05) is 32.5 Å². The number of carbonyl (C=O) groups excluding carboxylic acids is 1. The Balaban J connectivity index is 1.35. The highest BCUT2D eigenvalue weighted by Gasteiger charge is 2.19. The summed E-state index contributed by atoms with van der Waals surface area (Å²) in [4.78, 5) is 33.1. The molecule has 174 valence electrons. The van der Waals surface area contributed by atoms with E-state index in [2.05, 4.69) is 14.7 Å². The van der Waals surface area contributed by atoms with Crippen molar-refractivity contribution in [3.8, 4) is 11.5 Å². The lowest BCUT2D eigenvalue weighted by Crippen LogP contribution is -2.32. The number of nitrogens with zero attached hydrogens (tertiary/aromatic N) is 2. The van der Waals surface area contributed by atoms with Crippen molar-refractivity contribution in [1.29, 1.82) is 0 Å². The Hall–Kier alpha value is -3.44. The van der Waals surface area contributed by atoms with Gasteiger partial charge in [0.05, 0.1) is 35.6 Å². The van der Waals surface area contributed by atoms with Crippen LogP contribution in [0.3, 0.4) is 0 Å². The third-order valence-corrected chi connectivity index (χ3v) is 6.59. The number of carbonyl (C=O) groups is 1. The fourth-order valence-corrected chi connectivity index (χ4v) is 4.45. The average Bonchev–Trinajstić information content (AvgIpc) is 3.04. The molecule has 0 atom stereocenters. The van der Waals surface area contributed by atoms with Gasteiger partial charge in [-0.1, -0.05) is 12.1 Å². The number of hydrogen-bond acceptors (Lipinski definition) is 7. The van der Waals surface area contributed by atoms with Crippen LogP contribution in [0.4, 0.5) is 0 Å². The number of sulfonamides is 1. The van der Waals surface area contributed by atoms with E-state index >= 15 is 0 Å². The fraction of sp³-hybridized carbons (Fsp3) is 0.318. The lowest BCUT2D eigenvalue weighted by atomic mass is 10.2. The number of para-hydroxylation sites is 1. The quantitative estimate of drug-likeness (QED) is 0.532. The van der Waals surface area contributed by atoms with Crippen molar-refractivity contribution >= 4 is 26.8 Å². The summed E-state index contributed by atoms with van der Waals surface area (Å²) in [6, 6.07) is 11.3. The first kappa shape index (κ1) is 22.7. The highest BCUT2D eigenvalue weighted by molar-refractivity contribution is 7.89. The maximum Gasteiger partial charge on any atom is 0.258 e. The smallest absolute Gasteiger partial charge is 0.258 e. The molecule has 1 aromatic heterocycles. The molecule has 1 aliphatic rings. The molecule has 33 heavy (non-hydrogen) atoms. The van der Waals surface area contributed by atoms with Gasteiger partial charge in [0.2, 0.25) is 15.9 Å². The van der Waals surface area contributed by atoms with E-state index in [9.17, 15) is 18.0 Å². The third kappa shape index (κ3) is 5.32. The number of aromatic amines is 1. The number of amides is 1. The highest BCUT2D eigenvalue weighted by atomic mass is 32.2. The second-order valence-corrected chi connectivity index (χ2v) is 9.35. The number of ether oxygens (including phenoxy) is 2. The maximum absolute atomic E-state index is 12.6. The number of rotatable bonds is 7. The van der Waals surface area contributed by atoms with Crippen LogP contribution in [-0.4, -0.2) is 56.0 Å². The van der Waals surface area contributed by atoms with Crippen LogP contribution in [0.15, 0.2) is 52.2 Å². The van der Waals surface area contributed by atoms with Crippen molar-refractivity contribution in [1.82, 2.24) is 19.6 Å². The Morgan fingerprint density at radius 3 is 2.73 bits per heavy atom. The molecule has 11 heteroatoms.